The zero-order valence-corrected chi connectivity index (χ0v) is 17.9. The maximum Gasteiger partial charge on any atom is 0.341 e. The molecule has 1 saturated carbocycles. The molecular formula is C21H26FN3O5S. The summed E-state index contributed by atoms with van der Waals surface area (Å²) in [6.45, 7) is 2.59. The Balaban J connectivity index is 1.44. The predicted octanol–water partition coefficient (Wildman–Crippen LogP) is 2.82. The molecule has 3 fully saturated rings. The van der Waals surface area contributed by atoms with E-state index in [1.807, 2.05) is 9.47 Å². The van der Waals surface area contributed by atoms with Crippen LogP contribution < -0.4 is 10.3 Å². The monoisotopic (exact) mass is 451 g/mol. The number of anilines is 1. The third-order valence-electron chi connectivity index (χ3n) is 6.68. The zero-order valence-electron chi connectivity index (χ0n) is 17.0. The van der Waals surface area contributed by atoms with Gasteiger partial charge < -0.3 is 14.6 Å². The van der Waals surface area contributed by atoms with Crippen molar-refractivity contribution in [1.29, 1.82) is 0 Å². The Labute approximate surface area is 180 Å². The summed E-state index contributed by atoms with van der Waals surface area (Å²) in [5.74, 6) is -0.964. The number of fused-ring (bicyclic) bond motifs is 1. The number of aromatic nitrogens is 1. The van der Waals surface area contributed by atoms with Gasteiger partial charge in [-0.05, 0) is 31.4 Å². The van der Waals surface area contributed by atoms with Crippen LogP contribution in [0.25, 0.3) is 10.9 Å². The normalized spacial score (nSPS) is 25.1. The van der Waals surface area contributed by atoms with E-state index in [2.05, 4.69) is 4.90 Å². The summed E-state index contributed by atoms with van der Waals surface area (Å²) < 4.78 is 36.7. The summed E-state index contributed by atoms with van der Waals surface area (Å²) in [5, 5.41) is 9.48. The summed E-state index contributed by atoms with van der Waals surface area (Å²) in [5.41, 5.74) is -0.00149. The number of piperazine rings is 1. The van der Waals surface area contributed by atoms with Crippen molar-refractivity contribution in [1.82, 2.24) is 9.47 Å². The van der Waals surface area contributed by atoms with Crippen LogP contribution in [0, 0.1) is 5.82 Å². The summed E-state index contributed by atoms with van der Waals surface area (Å²) in [6.07, 6.45) is 3.97. The molecule has 8 nitrogen and oxygen atoms in total. The largest absolute Gasteiger partial charge is 0.477 e. The van der Waals surface area contributed by atoms with Gasteiger partial charge in [-0.25, -0.2) is 9.18 Å². The highest BCUT2D eigenvalue weighted by atomic mass is 32.3. The third kappa shape index (κ3) is 3.82. The Morgan fingerprint density at radius 2 is 1.77 bits per heavy atom. The molecule has 0 bridgehead atoms. The number of pyridine rings is 1. The van der Waals surface area contributed by atoms with Gasteiger partial charge in [0.25, 0.3) is 0 Å². The Kier molecular flexibility index (Phi) is 5.00. The topological polar surface area (TPSA) is 106 Å². The number of hydrogen-bond donors (Lipinski definition) is 3. The van der Waals surface area contributed by atoms with Gasteiger partial charge in [0.15, 0.2) is 0 Å². The van der Waals surface area contributed by atoms with Gasteiger partial charge in [0.05, 0.1) is 17.0 Å². The van der Waals surface area contributed by atoms with E-state index in [0.717, 1.165) is 19.3 Å². The van der Waals surface area contributed by atoms with Crippen molar-refractivity contribution >= 4 is 33.1 Å². The van der Waals surface area contributed by atoms with Crippen LogP contribution in [-0.2, 0) is 0 Å². The van der Waals surface area contributed by atoms with E-state index in [4.69, 9.17) is 0 Å². The number of benzene rings is 1. The first kappa shape index (κ1) is 20.7. The molecule has 1 unspecified atom stereocenters. The molecule has 0 spiro atoms. The van der Waals surface area contributed by atoms with Crippen molar-refractivity contribution in [2.75, 3.05) is 42.6 Å². The zero-order chi connectivity index (χ0) is 21.9. The first-order valence-electron chi connectivity index (χ1n) is 10.6. The second kappa shape index (κ2) is 7.47. The summed E-state index contributed by atoms with van der Waals surface area (Å²) in [4.78, 5) is 28.3. The van der Waals surface area contributed by atoms with Crippen LogP contribution in [0.3, 0.4) is 0 Å². The molecule has 3 aliphatic rings. The van der Waals surface area contributed by atoms with E-state index < -0.39 is 27.8 Å². The molecule has 3 N–H and O–H groups in total. The maximum absolute atomic E-state index is 15.1. The van der Waals surface area contributed by atoms with Crippen molar-refractivity contribution in [3.05, 3.63) is 39.9 Å². The molecule has 2 aliphatic heterocycles. The van der Waals surface area contributed by atoms with Crippen LogP contribution in [-0.4, -0.2) is 73.4 Å². The number of rotatable bonds is 4. The number of hydrogen-bond acceptors (Lipinski definition) is 6. The minimum absolute atomic E-state index is 0.0999. The van der Waals surface area contributed by atoms with Gasteiger partial charge in [0, 0.05) is 55.6 Å². The summed E-state index contributed by atoms with van der Waals surface area (Å²) in [6, 6.07) is 3.15. The Bertz CT molecular complexity index is 1110. The average molecular weight is 452 g/mol. The first-order valence-corrected chi connectivity index (χ1v) is 12.5. The Morgan fingerprint density at radius 3 is 2.35 bits per heavy atom. The average Bonchev–Trinajstić information content (AvgIpc) is 3.50. The molecule has 5 rings (SSSR count). The van der Waals surface area contributed by atoms with E-state index in [9.17, 15) is 23.8 Å². The third-order valence-corrected chi connectivity index (χ3v) is 8.49. The Morgan fingerprint density at radius 1 is 1.06 bits per heavy atom. The van der Waals surface area contributed by atoms with Crippen LogP contribution >= 0.6 is 10.6 Å². The number of carboxylic acid groups (broad SMARTS) is 1. The molecule has 0 amide bonds. The number of halogens is 1. The van der Waals surface area contributed by atoms with Gasteiger partial charge in [-0.3, -0.25) is 18.8 Å². The molecule has 31 heavy (non-hydrogen) atoms. The maximum atomic E-state index is 15.1. The molecule has 168 valence electrons. The molecule has 1 aromatic heterocycles. The van der Waals surface area contributed by atoms with Crippen molar-refractivity contribution in [3.63, 3.8) is 0 Å². The lowest BCUT2D eigenvalue weighted by Crippen LogP contribution is -2.50. The second-order valence-electron chi connectivity index (χ2n) is 8.77. The second-order valence-corrected chi connectivity index (χ2v) is 11.1. The SMILES string of the molecule is O=C(O)c1cn(C2CC2)c2cc(N3CCN(C4CCS(O)(O)C4)CC3)c(F)cc2c1=O. The van der Waals surface area contributed by atoms with Crippen LogP contribution in [0.15, 0.2) is 23.1 Å². The van der Waals surface area contributed by atoms with Crippen molar-refractivity contribution in [3.8, 4) is 0 Å². The highest BCUT2D eigenvalue weighted by Crippen LogP contribution is 2.47. The number of carbonyl (C=O) groups is 1. The van der Waals surface area contributed by atoms with E-state index in [1.165, 1.54) is 12.3 Å². The molecule has 1 aliphatic carbocycles. The van der Waals surface area contributed by atoms with E-state index in [0.29, 0.717) is 48.9 Å². The lowest BCUT2D eigenvalue weighted by molar-refractivity contribution is 0.0695. The van der Waals surface area contributed by atoms with Gasteiger partial charge >= 0.3 is 5.97 Å². The predicted molar refractivity (Wildman–Crippen MR) is 118 cm³/mol. The van der Waals surface area contributed by atoms with Crippen molar-refractivity contribution in [2.45, 2.75) is 31.3 Å². The van der Waals surface area contributed by atoms with Gasteiger partial charge in [-0.15, -0.1) is 0 Å². The lowest BCUT2D eigenvalue weighted by Gasteiger charge is -2.39. The summed E-state index contributed by atoms with van der Waals surface area (Å²) in [7, 11) is -2.45. The van der Waals surface area contributed by atoms with E-state index in [-0.39, 0.29) is 23.0 Å². The highest BCUT2D eigenvalue weighted by molar-refractivity contribution is 8.24. The van der Waals surface area contributed by atoms with E-state index >= 15 is 4.39 Å². The van der Waals surface area contributed by atoms with Crippen molar-refractivity contribution < 1.29 is 23.4 Å². The van der Waals surface area contributed by atoms with Gasteiger partial charge in [-0.2, -0.15) is 10.6 Å². The van der Waals surface area contributed by atoms with Gasteiger partial charge in [0.2, 0.25) is 5.43 Å². The molecule has 2 aromatic rings. The minimum Gasteiger partial charge on any atom is -0.477 e. The molecule has 2 saturated heterocycles. The number of aromatic carboxylic acids is 1. The van der Waals surface area contributed by atoms with E-state index in [1.54, 1.807) is 6.07 Å². The molecular weight excluding hydrogens is 425 g/mol. The lowest BCUT2D eigenvalue weighted by atomic mass is 10.1. The summed E-state index contributed by atoms with van der Waals surface area (Å²) >= 11 is 0. The van der Waals surface area contributed by atoms with Crippen LogP contribution in [0.2, 0.25) is 0 Å². The van der Waals surface area contributed by atoms with Crippen LogP contribution in [0.1, 0.15) is 35.7 Å². The fraction of sp³-hybridized carbons (Fsp3) is 0.524. The van der Waals surface area contributed by atoms with Gasteiger partial charge in [0.1, 0.15) is 11.4 Å². The molecule has 3 heterocycles. The van der Waals surface area contributed by atoms with Crippen molar-refractivity contribution in [2.24, 2.45) is 0 Å². The number of carboxylic acids is 1. The first-order chi connectivity index (χ1) is 14.7. The molecule has 10 heteroatoms. The smallest absolute Gasteiger partial charge is 0.341 e. The Hall–Kier alpha value is -2.14. The molecule has 0 radical (unpaired) electrons. The molecule has 1 atom stereocenters. The fourth-order valence-corrected chi connectivity index (χ4v) is 6.63. The standard InChI is InChI=1S/C21H26FN3O5S/c22-17-9-15-18(25(13-1-2-13)11-16(20(15)26)21(27)28)10-19(17)24-6-4-23(5-7-24)14-3-8-31(29,30)12-14/h9-11,13-14,29-30H,1-8,12H2,(H,27,28). The quantitative estimate of drug-likeness (QED) is 0.656. The van der Waals surface area contributed by atoms with Gasteiger partial charge in [-0.1, -0.05) is 0 Å². The number of nitrogens with zero attached hydrogens (tertiary/aromatic N) is 3. The minimum atomic E-state index is -2.45. The van der Waals surface area contributed by atoms with Crippen LogP contribution in [0.4, 0.5) is 10.1 Å². The molecule has 1 aromatic carbocycles. The fourth-order valence-electron chi connectivity index (χ4n) is 4.82. The van der Waals surface area contributed by atoms with Crippen LogP contribution in [0.5, 0.6) is 0 Å². The highest BCUT2D eigenvalue weighted by Gasteiger charge is 2.34.